The molecule has 20 atom stereocenters. The van der Waals surface area contributed by atoms with Gasteiger partial charge in [0, 0.05) is 6.61 Å². The van der Waals surface area contributed by atoms with Gasteiger partial charge in [0.25, 0.3) is 0 Å². The maximum Gasteiger partial charge on any atom is 0.397 e. The average Bonchev–Trinajstić information content (AvgIpc) is 3.22. The molecule has 74 heavy (non-hydrogen) atoms. The van der Waals surface area contributed by atoms with Crippen molar-refractivity contribution in [3.05, 3.63) is 0 Å². The second-order valence-electron chi connectivity index (χ2n) is 15.4. The van der Waals surface area contributed by atoms with Gasteiger partial charge in [-0.1, -0.05) is 6.92 Å². The Balaban J connectivity index is 1.81. The van der Waals surface area contributed by atoms with Crippen LogP contribution >= 0.6 is 0 Å². The average molecular weight is 1220 g/mol. The first kappa shape index (κ1) is 64.2. The second kappa shape index (κ2) is 24.8. The summed E-state index contributed by atoms with van der Waals surface area (Å²) < 4.78 is 261. The third-order valence-corrected chi connectivity index (χ3v) is 13.0. The Morgan fingerprint density at radius 3 is 1.23 bits per heavy atom. The Morgan fingerprint density at radius 1 is 0.459 bits per heavy atom. The van der Waals surface area contributed by atoms with E-state index in [1.165, 1.54) is 16.4 Å². The van der Waals surface area contributed by atoms with Crippen molar-refractivity contribution in [3.8, 4) is 0 Å². The zero-order valence-corrected chi connectivity index (χ0v) is 41.2. The SMILES string of the molecule is CCCO[C@H]1O[C@@H](C(=O)O)[C@@H](OC2O[C@H](COS(=O)(=O)O)[C@@H](O[C@@H]3O[C@@H](C(=O)O)[C@@H](O[C@H]4O[C@H](COS(=O)(=O)O)[C@@H](O)[C@H](O)[C@H]4NS(=O)(=O)O)[C@H](O)[C@H]3OS(=O)(=O)O)[C@H](O)[C@H]2NS(=O)(=O)O)[C@H](O)[C@H]1OS(=O)(=O)O. The molecule has 47 heteroatoms. The molecule has 4 aliphatic rings. The van der Waals surface area contributed by atoms with Gasteiger partial charge < -0.3 is 73.6 Å². The highest BCUT2D eigenvalue weighted by atomic mass is 32.3. The van der Waals surface area contributed by atoms with Gasteiger partial charge in [0.05, 0.1) is 13.2 Å². The van der Waals surface area contributed by atoms with Gasteiger partial charge in [0.2, 0.25) is 0 Å². The van der Waals surface area contributed by atoms with E-state index < -0.39 is 210 Å². The third kappa shape index (κ3) is 18.4. The van der Waals surface area contributed by atoms with Crippen molar-refractivity contribution < 1.29 is 178 Å². The van der Waals surface area contributed by atoms with Crippen LogP contribution in [0.4, 0.5) is 0 Å². The lowest BCUT2D eigenvalue weighted by Gasteiger charge is -2.49. The van der Waals surface area contributed by atoms with E-state index in [-0.39, 0.29) is 13.0 Å². The largest absolute Gasteiger partial charge is 0.479 e. The van der Waals surface area contributed by atoms with Gasteiger partial charge in [-0.15, -0.1) is 0 Å². The second-order valence-corrected chi connectivity index (χ2v) is 22.0. The van der Waals surface area contributed by atoms with Gasteiger partial charge in [0.1, 0.15) is 73.1 Å². The lowest BCUT2D eigenvalue weighted by Crippen LogP contribution is -2.70. The highest BCUT2D eigenvalue weighted by molar-refractivity contribution is 7.84. The molecule has 0 radical (unpaired) electrons. The van der Waals surface area contributed by atoms with Gasteiger partial charge in [-0.25, -0.2) is 26.3 Å². The van der Waals surface area contributed by atoms with Crippen molar-refractivity contribution in [1.29, 1.82) is 0 Å². The molecule has 4 rings (SSSR count). The summed E-state index contributed by atoms with van der Waals surface area (Å²) in [5, 5.41) is 75.8. The molecule has 4 aliphatic heterocycles. The van der Waals surface area contributed by atoms with Crippen LogP contribution in [0.3, 0.4) is 0 Å². The summed E-state index contributed by atoms with van der Waals surface area (Å²) in [7, 11) is -34.1. The number of hydrogen-bond acceptors (Lipinski definition) is 31. The molecule has 0 aromatic carbocycles. The topological polar surface area (TPSA) is 637 Å². The van der Waals surface area contributed by atoms with Crippen molar-refractivity contribution in [1.82, 2.24) is 9.44 Å². The fourth-order valence-corrected chi connectivity index (χ4v) is 9.98. The van der Waals surface area contributed by atoms with E-state index in [2.05, 4.69) is 16.7 Å². The van der Waals surface area contributed by atoms with Crippen LogP contribution in [0.25, 0.3) is 0 Å². The molecule has 0 saturated carbocycles. The van der Waals surface area contributed by atoms with E-state index >= 15 is 0 Å². The first-order chi connectivity index (χ1) is 33.6. The molecule has 4 fully saturated rings. The van der Waals surface area contributed by atoms with E-state index in [0.29, 0.717) is 0 Å². The first-order valence-electron chi connectivity index (χ1n) is 19.7. The number of rotatable bonds is 25. The first-order valence-corrected chi connectivity index (χ1v) is 28.0. The predicted octanol–water partition coefficient (Wildman–Crippen LogP) is -10.0. The number of nitrogens with one attached hydrogen (secondary N) is 2. The molecular formula is C27H46N2O39S6. The van der Waals surface area contributed by atoms with Crippen molar-refractivity contribution in [3.63, 3.8) is 0 Å². The number of carboxylic acids is 2. The van der Waals surface area contributed by atoms with Crippen LogP contribution in [0, 0.1) is 0 Å². The summed E-state index contributed by atoms with van der Waals surface area (Å²) in [6, 6.07) is -5.37. The molecule has 15 N–H and O–H groups in total. The highest BCUT2D eigenvalue weighted by Crippen LogP contribution is 2.37. The predicted molar refractivity (Wildman–Crippen MR) is 216 cm³/mol. The number of carboxylic acid groups (broad SMARTS) is 2. The Hall–Kier alpha value is -2.36. The lowest BCUT2D eigenvalue weighted by molar-refractivity contribution is -0.367. The molecule has 0 amide bonds. The fourth-order valence-electron chi connectivity index (χ4n) is 7.21. The number of aliphatic hydroxyl groups is 5. The van der Waals surface area contributed by atoms with Crippen molar-refractivity contribution in [2.24, 2.45) is 0 Å². The van der Waals surface area contributed by atoms with Gasteiger partial charge in [-0.3, -0.25) is 27.3 Å². The van der Waals surface area contributed by atoms with Crippen LogP contribution in [-0.4, -0.2) is 268 Å². The van der Waals surface area contributed by atoms with E-state index in [4.69, 9.17) is 42.4 Å². The maximum absolute atomic E-state index is 12.7. The minimum Gasteiger partial charge on any atom is -0.479 e. The monoisotopic (exact) mass is 1210 g/mol. The Labute approximate surface area is 415 Å². The molecule has 0 aromatic heterocycles. The minimum atomic E-state index is -6.05. The van der Waals surface area contributed by atoms with E-state index in [9.17, 15) is 119 Å². The van der Waals surface area contributed by atoms with Crippen LogP contribution in [0.1, 0.15) is 13.3 Å². The molecule has 0 spiro atoms. The van der Waals surface area contributed by atoms with Crippen LogP contribution in [0.15, 0.2) is 0 Å². The summed E-state index contributed by atoms with van der Waals surface area (Å²) in [6.45, 7) is -2.12. The number of carbonyl (C=O) groups is 2. The molecule has 0 bridgehead atoms. The highest BCUT2D eigenvalue weighted by Gasteiger charge is 2.60. The minimum absolute atomic E-state index is 0.114. The van der Waals surface area contributed by atoms with Gasteiger partial charge in [-0.2, -0.15) is 60.0 Å². The summed E-state index contributed by atoms with van der Waals surface area (Å²) in [5.74, 6) is -4.47. The molecule has 4 saturated heterocycles. The Morgan fingerprint density at radius 2 is 0.838 bits per heavy atom. The Bertz CT molecular complexity index is 2640. The zero-order valence-electron chi connectivity index (χ0n) is 36.3. The smallest absolute Gasteiger partial charge is 0.397 e. The number of hydrogen-bond donors (Lipinski definition) is 15. The quantitative estimate of drug-likeness (QED) is 0.0378. The zero-order chi connectivity index (χ0) is 56.4. The van der Waals surface area contributed by atoms with Crippen molar-refractivity contribution in [2.75, 3.05) is 19.8 Å². The van der Waals surface area contributed by atoms with Gasteiger partial charge >= 0.3 is 74.1 Å². The van der Waals surface area contributed by atoms with E-state index in [0.717, 1.165) is 0 Å². The molecule has 0 aromatic rings. The fraction of sp³-hybridized carbons (Fsp3) is 0.926. The molecule has 1 unspecified atom stereocenters. The summed E-state index contributed by atoms with van der Waals surface area (Å²) in [6.07, 6.45) is -49.0. The number of aliphatic carboxylic acids is 2. The maximum atomic E-state index is 12.7. The van der Waals surface area contributed by atoms with E-state index in [1.807, 2.05) is 0 Å². The molecule has 4 heterocycles. The summed E-state index contributed by atoms with van der Waals surface area (Å²) in [5.41, 5.74) is 0. The molecule has 41 nitrogen and oxygen atoms in total. The van der Waals surface area contributed by atoms with Crippen molar-refractivity contribution >= 4 is 74.1 Å². The summed E-state index contributed by atoms with van der Waals surface area (Å²) in [4.78, 5) is 25.1. The van der Waals surface area contributed by atoms with E-state index in [1.54, 1.807) is 0 Å². The van der Waals surface area contributed by atoms with Crippen molar-refractivity contribution in [2.45, 2.75) is 136 Å². The van der Waals surface area contributed by atoms with Crippen LogP contribution < -0.4 is 9.44 Å². The molecule has 434 valence electrons. The third-order valence-electron chi connectivity index (χ3n) is 10.1. The normalized spacial score (nSPS) is 38.1. The van der Waals surface area contributed by atoms with Gasteiger partial charge in [0.15, 0.2) is 49.6 Å². The van der Waals surface area contributed by atoms with Crippen LogP contribution in [0.2, 0.25) is 0 Å². The molecule has 0 aliphatic carbocycles. The standard InChI is InChI=1S/C27H46N2O39S6/c1-2-3-57-26-18(67-73(51,52)53)13(33)16(20(65-26)22(35)36)64-25-9(29-70(42,43)44)12(32)15(7(61-25)5-59-72(48,49)50)62-27-19(68-74(54,55)56)14(34)17(21(66-27)23(37)38)63-24-8(28-69(39,40)41)11(31)10(30)6(60-24)4-58-71(45,46)47/h6-21,24-34H,2-5H2,1H3,(H,35,36)(H,37,38)(H,39,40,41)(H,42,43,44)(H,45,46,47)(H,48,49,50)(H,51,52,53)(H,54,55,56)/t6-,7-,8-,9-,10-,11-,12-,13+,14+,15-,16+,17+,18-,19-,20-,21-,24-,25?,26+,27-/m1/s1. The Kier molecular flexibility index (Phi) is 21.5. The number of ether oxygens (including phenoxy) is 8. The van der Waals surface area contributed by atoms with Crippen LogP contribution in [0.5, 0.6) is 0 Å². The number of aliphatic hydroxyl groups excluding tert-OH is 5. The van der Waals surface area contributed by atoms with Crippen LogP contribution in [-0.2, 0) is 126 Å². The lowest BCUT2D eigenvalue weighted by atomic mass is 9.94. The molecular weight excluding hydrogens is 1170 g/mol. The summed E-state index contributed by atoms with van der Waals surface area (Å²) >= 11 is 0. The van der Waals surface area contributed by atoms with Gasteiger partial charge in [-0.05, 0) is 6.42 Å².